The monoisotopic (exact) mass is 273 g/mol. The molecule has 0 aromatic carbocycles. The number of hydrogen-bond acceptors (Lipinski definition) is 5. The fourth-order valence-corrected chi connectivity index (χ4v) is 1.48. The highest BCUT2D eigenvalue weighted by molar-refractivity contribution is 6.07. The van der Waals surface area contributed by atoms with E-state index in [1.165, 1.54) is 6.92 Å². The molecule has 0 aliphatic heterocycles. The molecule has 9 nitrogen and oxygen atoms in total. The summed E-state index contributed by atoms with van der Waals surface area (Å²) in [6.07, 6.45) is 0.204. The molecule has 0 spiro atoms. The minimum absolute atomic E-state index is 0.204. The van der Waals surface area contributed by atoms with E-state index in [2.05, 4.69) is 5.16 Å². The third kappa shape index (κ3) is 4.12. The van der Waals surface area contributed by atoms with E-state index in [4.69, 9.17) is 22.4 Å². The zero-order chi connectivity index (χ0) is 15.2. The lowest BCUT2D eigenvalue weighted by Crippen LogP contribution is -2.53. The number of rotatable bonds is 7. The first-order valence-electron chi connectivity index (χ1n) is 5.53. The fourth-order valence-electron chi connectivity index (χ4n) is 1.48. The van der Waals surface area contributed by atoms with Crippen molar-refractivity contribution in [1.29, 1.82) is 0 Å². The minimum Gasteiger partial charge on any atom is -0.409 e. The summed E-state index contributed by atoms with van der Waals surface area (Å²) in [5, 5.41) is 11.5. The number of carbonyl (C=O) groups is 3. The first kappa shape index (κ1) is 16.7. The van der Waals surface area contributed by atoms with Crippen LogP contribution in [0, 0.1) is 5.41 Å². The van der Waals surface area contributed by atoms with Gasteiger partial charge in [0, 0.05) is 0 Å². The summed E-state index contributed by atoms with van der Waals surface area (Å²) in [4.78, 5) is 35.0. The van der Waals surface area contributed by atoms with Gasteiger partial charge in [0.05, 0.1) is 13.1 Å². The van der Waals surface area contributed by atoms with Gasteiger partial charge in [0.2, 0.25) is 17.7 Å². The van der Waals surface area contributed by atoms with E-state index in [-0.39, 0.29) is 12.3 Å². The van der Waals surface area contributed by atoms with E-state index in [1.807, 2.05) is 0 Å². The molecule has 108 valence electrons. The maximum Gasteiger partial charge on any atom is 0.237 e. The molecule has 0 heterocycles. The fraction of sp³-hybridized carbons (Fsp3) is 0.600. The molecule has 1 unspecified atom stereocenters. The number of amides is 3. The highest BCUT2D eigenvalue weighted by atomic mass is 16.4. The largest absolute Gasteiger partial charge is 0.409 e. The first-order valence-corrected chi connectivity index (χ1v) is 5.53. The summed E-state index contributed by atoms with van der Waals surface area (Å²) in [6, 6.07) is 0. The maximum atomic E-state index is 12.3. The number of primary amides is 2. The molecule has 7 N–H and O–H groups in total. The predicted octanol–water partition coefficient (Wildman–Crippen LogP) is -2.05. The van der Waals surface area contributed by atoms with Gasteiger partial charge < -0.3 is 27.3 Å². The predicted molar refractivity (Wildman–Crippen MR) is 66.8 cm³/mol. The second-order valence-corrected chi connectivity index (χ2v) is 4.26. The Hall–Kier alpha value is -2.32. The quantitative estimate of drug-likeness (QED) is 0.181. The Balaban J connectivity index is 5.36. The van der Waals surface area contributed by atoms with Crippen LogP contribution in [0.3, 0.4) is 0 Å². The van der Waals surface area contributed by atoms with Gasteiger partial charge >= 0.3 is 0 Å². The molecule has 19 heavy (non-hydrogen) atoms. The Morgan fingerprint density at radius 3 is 1.84 bits per heavy atom. The molecule has 0 saturated carbocycles. The van der Waals surface area contributed by atoms with Gasteiger partial charge in [-0.1, -0.05) is 12.1 Å². The zero-order valence-electron chi connectivity index (χ0n) is 10.9. The number of oxime groups is 1. The van der Waals surface area contributed by atoms with Gasteiger partial charge in [-0.05, 0) is 13.3 Å². The van der Waals surface area contributed by atoms with E-state index in [9.17, 15) is 14.4 Å². The second-order valence-electron chi connectivity index (χ2n) is 4.26. The van der Waals surface area contributed by atoms with E-state index in [1.54, 1.807) is 6.92 Å². The molecule has 0 aromatic rings. The van der Waals surface area contributed by atoms with Gasteiger partial charge in [0.1, 0.15) is 5.41 Å². The van der Waals surface area contributed by atoms with Crippen molar-refractivity contribution >= 4 is 23.6 Å². The van der Waals surface area contributed by atoms with Crippen molar-refractivity contribution in [2.24, 2.45) is 27.8 Å². The number of carbonyl (C=O) groups excluding carboxylic acids is 3. The van der Waals surface area contributed by atoms with Crippen molar-refractivity contribution in [3.05, 3.63) is 0 Å². The molecule has 0 rings (SSSR count). The van der Waals surface area contributed by atoms with Gasteiger partial charge in [-0.3, -0.25) is 14.4 Å². The number of nitrogens with two attached hydrogens (primary N) is 3. The van der Waals surface area contributed by atoms with Crippen molar-refractivity contribution in [2.75, 3.05) is 13.1 Å². The molecule has 0 radical (unpaired) electrons. The molecular formula is C10H19N5O4. The van der Waals surface area contributed by atoms with Crippen LogP contribution >= 0.6 is 0 Å². The van der Waals surface area contributed by atoms with Crippen molar-refractivity contribution in [3.63, 3.8) is 0 Å². The Bertz CT molecular complexity index is 393. The number of amidine groups is 1. The third-order valence-corrected chi connectivity index (χ3v) is 2.83. The van der Waals surface area contributed by atoms with Crippen LogP contribution in [0.15, 0.2) is 5.16 Å². The van der Waals surface area contributed by atoms with E-state index in [0.29, 0.717) is 0 Å². The van der Waals surface area contributed by atoms with E-state index < -0.39 is 36.2 Å². The summed E-state index contributed by atoms with van der Waals surface area (Å²) in [6.45, 7) is 2.12. The van der Waals surface area contributed by atoms with Gasteiger partial charge in [0.15, 0.2) is 5.84 Å². The minimum atomic E-state index is -1.35. The molecule has 0 fully saturated rings. The smallest absolute Gasteiger partial charge is 0.237 e. The normalized spacial score (nSPS) is 14.5. The van der Waals surface area contributed by atoms with Gasteiger partial charge in [-0.25, -0.2) is 0 Å². The summed E-state index contributed by atoms with van der Waals surface area (Å²) < 4.78 is 0. The molecule has 0 aliphatic rings. The van der Waals surface area contributed by atoms with Crippen LogP contribution in [-0.2, 0) is 14.4 Å². The lowest BCUT2D eigenvalue weighted by atomic mass is 9.84. The van der Waals surface area contributed by atoms with Crippen molar-refractivity contribution in [3.8, 4) is 0 Å². The Morgan fingerprint density at radius 2 is 1.58 bits per heavy atom. The number of nitrogens with zero attached hydrogens (tertiary/aromatic N) is 2. The van der Waals surface area contributed by atoms with E-state index >= 15 is 0 Å². The van der Waals surface area contributed by atoms with Crippen LogP contribution in [0.2, 0.25) is 0 Å². The van der Waals surface area contributed by atoms with Crippen LogP contribution < -0.4 is 17.2 Å². The molecule has 1 atom stereocenters. The molecular weight excluding hydrogens is 254 g/mol. The topological polar surface area (TPSA) is 165 Å². The zero-order valence-corrected chi connectivity index (χ0v) is 10.9. The van der Waals surface area contributed by atoms with Crippen molar-refractivity contribution in [1.82, 2.24) is 4.90 Å². The first-order chi connectivity index (χ1) is 8.68. The van der Waals surface area contributed by atoms with Crippen LogP contribution in [0.4, 0.5) is 0 Å². The van der Waals surface area contributed by atoms with Crippen LogP contribution in [0.25, 0.3) is 0 Å². The Kier molecular flexibility index (Phi) is 5.77. The molecule has 0 aliphatic carbocycles. The molecule has 0 bridgehead atoms. The van der Waals surface area contributed by atoms with Crippen molar-refractivity contribution < 1.29 is 19.6 Å². The average molecular weight is 273 g/mol. The van der Waals surface area contributed by atoms with Gasteiger partial charge in [0.25, 0.3) is 0 Å². The standard InChI is InChI=1S/C10H19N5O4/c1-3-10(2,8(13)14-19)9(18)15(4-6(11)16)5-7(12)17/h19H,3-5H2,1-2H3,(H2,11,16)(H2,12,17)(H2,13,14). The van der Waals surface area contributed by atoms with Crippen molar-refractivity contribution in [2.45, 2.75) is 20.3 Å². The Labute approximate surface area is 110 Å². The van der Waals surface area contributed by atoms with E-state index in [0.717, 1.165) is 4.90 Å². The van der Waals surface area contributed by atoms with Crippen LogP contribution in [-0.4, -0.2) is 46.8 Å². The lowest BCUT2D eigenvalue weighted by molar-refractivity contribution is -0.143. The van der Waals surface area contributed by atoms with Crippen LogP contribution in [0.1, 0.15) is 20.3 Å². The highest BCUT2D eigenvalue weighted by Crippen LogP contribution is 2.24. The SMILES string of the molecule is CCC(C)(C(=O)N(CC(N)=O)CC(N)=O)C(N)=NO. The molecule has 0 aromatic heterocycles. The average Bonchev–Trinajstić information content (AvgIpc) is 2.33. The van der Waals surface area contributed by atoms with Gasteiger partial charge in [-0.2, -0.15) is 0 Å². The molecule has 3 amide bonds. The Morgan fingerprint density at radius 1 is 1.16 bits per heavy atom. The van der Waals surface area contributed by atoms with Gasteiger partial charge in [-0.15, -0.1) is 0 Å². The molecule has 0 saturated heterocycles. The summed E-state index contributed by atoms with van der Waals surface area (Å²) in [7, 11) is 0. The maximum absolute atomic E-state index is 12.3. The summed E-state index contributed by atoms with van der Waals surface area (Å²) >= 11 is 0. The number of hydrogen-bond donors (Lipinski definition) is 4. The second kappa shape index (κ2) is 6.57. The summed E-state index contributed by atoms with van der Waals surface area (Å²) in [5.41, 5.74) is 14.1. The lowest BCUT2D eigenvalue weighted by Gasteiger charge is -2.31. The van der Waals surface area contributed by atoms with Crippen LogP contribution in [0.5, 0.6) is 0 Å². The molecule has 9 heteroatoms. The third-order valence-electron chi connectivity index (χ3n) is 2.83. The highest BCUT2D eigenvalue weighted by Gasteiger charge is 2.40. The summed E-state index contributed by atoms with van der Waals surface area (Å²) in [5.74, 6) is -2.58.